The van der Waals surface area contributed by atoms with E-state index in [9.17, 15) is 14.1 Å². The molecule has 122 valence electrons. The number of hydrogen-bond acceptors (Lipinski definition) is 3. The summed E-state index contributed by atoms with van der Waals surface area (Å²) in [4.78, 5) is 13.1. The second-order valence-corrected chi connectivity index (χ2v) is 6.69. The van der Waals surface area contributed by atoms with Crippen LogP contribution < -0.4 is 5.32 Å². The Labute approximate surface area is 142 Å². The van der Waals surface area contributed by atoms with Crippen LogP contribution in [0.2, 0.25) is 0 Å². The maximum Gasteiger partial charge on any atom is 0.252 e. The first-order chi connectivity index (χ1) is 11.7. The molecule has 3 rings (SSSR count). The van der Waals surface area contributed by atoms with Crippen molar-refractivity contribution in [3.8, 4) is 0 Å². The lowest BCUT2D eigenvalue weighted by atomic mass is 10.1. The first-order valence-corrected chi connectivity index (χ1v) is 8.66. The zero-order valence-electron chi connectivity index (χ0n) is 13.2. The van der Waals surface area contributed by atoms with E-state index in [4.69, 9.17) is 0 Å². The fraction of sp³-hybridized carbons (Fsp3) is 0.105. The molecule has 1 amide bonds. The van der Waals surface area contributed by atoms with Gasteiger partial charge in [-0.2, -0.15) is 0 Å². The van der Waals surface area contributed by atoms with Gasteiger partial charge >= 0.3 is 0 Å². The van der Waals surface area contributed by atoms with Gasteiger partial charge in [0.2, 0.25) is 0 Å². The SMILES string of the molecule is CNC(=O)c1ccccc1[S@@](=O)c1cccc2cccc(CO)c12. The summed E-state index contributed by atoms with van der Waals surface area (Å²) < 4.78 is 13.2. The Morgan fingerprint density at radius 3 is 2.38 bits per heavy atom. The molecular formula is C19H17NO3S. The van der Waals surface area contributed by atoms with Gasteiger partial charge in [0.25, 0.3) is 5.91 Å². The number of benzene rings is 3. The molecule has 0 spiro atoms. The number of hydrogen-bond donors (Lipinski definition) is 2. The Balaban J connectivity index is 2.23. The fourth-order valence-electron chi connectivity index (χ4n) is 2.74. The van der Waals surface area contributed by atoms with E-state index in [1.54, 1.807) is 37.4 Å². The van der Waals surface area contributed by atoms with E-state index < -0.39 is 10.8 Å². The standard InChI is InChI=1S/C19H17NO3S/c1-20-19(22)15-9-2-3-10-16(15)24(23)17-11-5-7-13-6-4-8-14(12-21)18(13)17/h2-11,21H,12H2,1H3,(H,20,22)/t24-/m1/s1. The highest BCUT2D eigenvalue weighted by Crippen LogP contribution is 2.29. The molecule has 0 aliphatic rings. The van der Waals surface area contributed by atoms with E-state index in [0.717, 1.165) is 10.8 Å². The molecule has 0 radical (unpaired) electrons. The highest BCUT2D eigenvalue weighted by atomic mass is 32.2. The van der Waals surface area contributed by atoms with Crippen molar-refractivity contribution < 1.29 is 14.1 Å². The van der Waals surface area contributed by atoms with E-state index in [0.29, 0.717) is 20.9 Å². The van der Waals surface area contributed by atoms with Gasteiger partial charge in [0.05, 0.1) is 32.8 Å². The maximum absolute atomic E-state index is 13.2. The lowest BCUT2D eigenvalue weighted by Gasteiger charge is -2.12. The Morgan fingerprint density at radius 2 is 1.67 bits per heavy atom. The molecule has 3 aromatic carbocycles. The van der Waals surface area contributed by atoms with Gasteiger partial charge in [0.1, 0.15) is 0 Å². The van der Waals surface area contributed by atoms with Gasteiger partial charge in [-0.05, 0) is 29.1 Å². The second-order valence-electron chi connectivity index (χ2n) is 5.27. The summed E-state index contributed by atoms with van der Waals surface area (Å²) in [6.07, 6.45) is 0. The first-order valence-electron chi connectivity index (χ1n) is 7.51. The predicted molar refractivity (Wildman–Crippen MR) is 94.4 cm³/mol. The average molecular weight is 339 g/mol. The maximum atomic E-state index is 13.2. The van der Waals surface area contributed by atoms with E-state index in [1.807, 2.05) is 30.3 Å². The number of nitrogens with one attached hydrogen (secondary N) is 1. The molecule has 2 N–H and O–H groups in total. The van der Waals surface area contributed by atoms with Crippen molar-refractivity contribution in [2.45, 2.75) is 16.4 Å². The van der Waals surface area contributed by atoms with Gasteiger partial charge in [-0.1, -0.05) is 42.5 Å². The molecule has 0 bridgehead atoms. The molecule has 0 unspecified atom stereocenters. The number of aliphatic hydroxyl groups excluding tert-OH is 1. The molecule has 0 aliphatic carbocycles. The third-order valence-corrected chi connectivity index (χ3v) is 5.38. The molecule has 0 saturated heterocycles. The molecule has 4 nitrogen and oxygen atoms in total. The van der Waals surface area contributed by atoms with E-state index in [2.05, 4.69) is 5.32 Å². The second kappa shape index (κ2) is 6.95. The van der Waals surface area contributed by atoms with Gasteiger partial charge < -0.3 is 10.4 Å². The molecule has 3 aromatic rings. The molecule has 0 aliphatic heterocycles. The van der Waals surface area contributed by atoms with Crippen molar-refractivity contribution >= 4 is 27.5 Å². The average Bonchev–Trinajstić information content (AvgIpc) is 2.65. The summed E-state index contributed by atoms with van der Waals surface area (Å²) in [6.45, 7) is -0.136. The van der Waals surface area contributed by atoms with E-state index in [-0.39, 0.29) is 12.5 Å². The molecular weight excluding hydrogens is 322 g/mol. The summed E-state index contributed by atoms with van der Waals surface area (Å²) in [5.74, 6) is -0.276. The van der Waals surface area contributed by atoms with Gasteiger partial charge in [-0.3, -0.25) is 4.79 Å². The van der Waals surface area contributed by atoms with Crippen LogP contribution in [0.5, 0.6) is 0 Å². The van der Waals surface area contributed by atoms with Crippen molar-refractivity contribution in [3.63, 3.8) is 0 Å². The molecule has 0 heterocycles. The summed E-state index contributed by atoms with van der Waals surface area (Å²) in [5.41, 5.74) is 1.10. The number of amides is 1. The lowest BCUT2D eigenvalue weighted by molar-refractivity contribution is 0.0960. The minimum Gasteiger partial charge on any atom is -0.392 e. The van der Waals surface area contributed by atoms with Crippen molar-refractivity contribution in [3.05, 3.63) is 71.8 Å². The number of aliphatic hydroxyl groups is 1. The molecule has 0 aromatic heterocycles. The quantitative estimate of drug-likeness (QED) is 0.768. The zero-order chi connectivity index (χ0) is 17.1. The van der Waals surface area contributed by atoms with Crippen LogP contribution in [0.1, 0.15) is 15.9 Å². The Hall–Kier alpha value is -2.50. The molecule has 1 atom stereocenters. The van der Waals surface area contributed by atoms with Crippen molar-refractivity contribution in [1.29, 1.82) is 0 Å². The lowest BCUT2D eigenvalue weighted by Crippen LogP contribution is -2.19. The minimum atomic E-state index is -1.54. The summed E-state index contributed by atoms with van der Waals surface area (Å²) >= 11 is 0. The van der Waals surface area contributed by atoms with E-state index >= 15 is 0 Å². The molecule has 5 heteroatoms. The predicted octanol–water partition coefficient (Wildman–Crippen LogP) is 2.86. The van der Waals surface area contributed by atoms with Crippen LogP contribution in [0, 0.1) is 0 Å². The number of carbonyl (C=O) groups is 1. The smallest absolute Gasteiger partial charge is 0.252 e. The molecule has 0 saturated carbocycles. The number of carbonyl (C=O) groups excluding carboxylic acids is 1. The van der Waals surface area contributed by atoms with Crippen molar-refractivity contribution in [2.75, 3.05) is 7.05 Å². The third kappa shape index (κ3) is 2.84. The van der Waals surface area contributed by atoms with E-state index in [1.165, 1.54) is 0 Å². The largest absolute Gasteiger partial charge is 0.392 e. The highest BCUT2D eigenvalue weighted by Gasteiger charge is 2.18. The summed E-state index contributed by atoms with van der Waals surface area (Å²) in [5, 5.41) is 13.9. The number of fused-ring (bicyclic) bond motifs is 1. The fourth-order valence-corrected chi connectivity index (χ4v) is 4.17. The first kappa shape index (κ1) is 16.4. The van der Waals surface area contributed by atoms with Gasteiger partial charge in [-0.25, -0.2) is 4.21 Å². The van der Waals surface area contributed by atoms with Crippen molar-refractivity contribution in [2.24, 2.45) is 0 Å². The molecule has 24 heavy (non-hydrogen) atoms. The van der Waals surface area contributed by atoms with Gasteiger partial charge in [0, 0.05) is 12.4 Å². The normalized spacial score (nSPS) is 12.1. The van der Waals surface area contributed by atoms with Crippen LogP contribution in [0.15, 0.2) is 70.5 Å². The van der Waals surface area contributed by atoms with Gasteiger partial charge in [0.15, 0.2) is 0 Å². The van der Waals surface area contributed by atoms with Crippen LogP contribution >= 0.6 is 0 Å². The summed E-state index contributed by atoms with van der Waals surface area (Å²) in [7, 11) is 0.00653. The van der Waals surface area contributed by atoms with Crippen LogP contribution in [0.4, 0.5) is 0 Å². The van der Waals surface area contributed by atoms with Crippen LogP contribution in [-0.4, -0.2) is 22.3 Å². The Morgan fingerprint density at radius 1 is 1.00 bits per heavy atom. The minimum absolute atomic E-state index is 0.136. The van der Waals surface area contributed by atoms with Crippen LogP contribution in [0.3, 0.4) is 0 Å². The Bertz CT molecular complexity index is 932. The van der Waals surface area contributed by atoms with Crippen LogP contribution in [0.25, 0.3) is 10.8 Å². The third-order valence-electron chi connectivity index (χ3n) is 3.88. The summed E-state index contributed by atoms with van der Waals surface area (Å²) in [6, 6.07) is 18.0. The monoisotopic (exact) mass is 339 g/mol. The van der Waals surface area contributed by atoms with Crippen molar-refractivity contribution in [1.82, 2.24) is 5.32 Å². The number of rotatable bonds is 4. The van der Waals surface area contributed by atoms with Gasteiger partial charge in [-0.15, -0.1) is 0 Å². The van der Waals surface area contributed by atoms with Crippen LogP contribution in [-0.2, 0) is 17.4 Å². The molecule has 0 fully saturated rings. The zero-order valence-corrected chi connectivity index (χ0v) is 14.0. The topological polar surface area (TPSA) is 66.4 Å². The highest BCUT2D eigenvalue weighted by molar-refractivity contribution is 7.85. The Kier molecular flexibility index (Phi) is 4.74.